The molecule has 2 heterocycles. The maximum atomic E-state index is 13.2. The third-order valence-corrected chi connectivity index (χ3v) is 4.41. The molecular formula is C20H16F3N5O3. The number of aromatic amines is 1. The molecule has 0 saturated heterocycles. The van der Waals surface area contributed by atoms with Gasteiger partial charge in [0.25, 0.3) is 0 Å². The minimum absolute atomic E-state index is 0.101. The van der Waals surface area contributed by atoms with Gasteiger partial charge in [0.05, 0.1) is 18.2 Å². The maximum Gasteiger partial charge on any atom is 0.420 e. The third-order valence-electron chi connectivity index (χ3n) is 4.41. The zero-order chi connectivity index (χ0) is 22.2. The first-order valence-electron chi connectivity index (χ1n) is 8.99. The number of H-pyrrole nitrogens is 1. The lowest BCUT2D eigenvalue weighted by Gasteiger charge is -2.15. The summed E-state index contributed by atoms with van der Waals surface area (Å²) in [6.07, 6.45) is -3.04. The third kappa shape index (κ3) is 4.29. The van der Waals surface area contributed by atoms with Gasteiger partial charge in [0.15, 0.2) is 5.58 Å². The molecule has 3 N–H and O–H groups in total. The molecule has 0 aliphatic heterocycles. The van der Waals surface area contributed by atoms with E-state index < -0.39 is 17.5 Å². The standard InChI is InChI=1S/C20H16F3N5O3/c1-10-9-24-18(26-11-3-5-15(30-2)13(7-11)20(21,22)23)28-17(10)25-12-4-6-16-14(8-12)27-19(29)31-16/h3-9H,1-2H3,(H,27,29)(H2,24,25,26,28). The summed E-state index contributed by atoms with van der Waals surface area (Å²) in [4.78, 5) is 22.3. The SMILES string of the molecule is COc1ccc(Nc2ncc(C)c(Nc3ccc4oc(=O)[nH]c4c3)n2)cc1C(F)(F)F. The molecule has 0 unspecified atom stereocenters. The number of anilines is 4. The molecule has 2 aromatic heterocycles. The molecule has 0 bridgehead atoms. The number of ether oxygens (including phenoxy) is 1. The van der Waals surface area contributed by atoms with Gasteiger partial charge in [0.2, 0.25) is 5.95 Å². The zero-order valence-corrected chi connectivity index (χ0v) is 16.3. The smallest absolute Gasteiger partial charge is 0.420 e. The van der Waals surface area contributed by atoms with Gasteiger partial charge in [-0.05, 0) is 43.3 Å². The highest BCUT2D eigenvalue weighted by atomic mass is 19.4. The van der Waals surface area contributed by atoms with E-state index in [9.17, 15) is 18.0 Å². The topological polar surface area (TPSA) is 105 Å². The lowest BCUT2D eigenvalue weighted by Crippen LogP contribution is -2.09. The van der Waals surface area contributed by atoms with Crippen LogP contribution in [0, 0.1) is 6.92 Å². The molecule has 0 aliphatic carbocycles. The molecule has 0 atom stereocenters. The van der Waals surface area contributed by atoms with Crippen LogP contribution in [0.15, 0.2) is 51.8 Å². The van der Waals surface area contributed by atoms with E-state index in [0.29, 0.717) is 28.2 Å². The number of alkyl halides is 3. The molecule has 8 nitrogen and oxygen atoms in total. The molecule has 11 heteroatoms. The normalized spacial score (nSPS) is 11.5. The summed E-state index contributed by atoms with van der Waals surface area (Å²) in [5.74, 6) is -0.302. The minimum atomic E-state index is -4.57. The Hall–Kier alpha value is -4.02. The van der Waals surface area contributed by atoms with Crippen molar-refractivity contribution in [3.63, 3.8) is 0 Å². The van der Waals surface area contributed by atoms with Crippen molar-refractivity contribution < 1.29 is 22.3 Å². The zero-order valence-electron chi connectivity index (χ0n) is 16.3. The summed E-state index contributed by atoms with van der Waals surface area (Å²) in [6, 6.07) is 8.59. The Labute approximate surface area is 173 Å². The van der Waals surface area contributed by atoms with Crippen molar-refractivity contribution in [1.82, 2.24) is 15.0 Å². The summed E-state index contributed by atoms with van der Waals surface area (Å²) >= 11 is 0. The van der Waals surface area contributed by atoms with E-state index in [1.165, 1.54) is 25.4 Å². The second kappa shape index (κ2) is 7.67. The van der Waals surface area contributed by atoms with E-state index in [2.05, 4.69) is 25.6 Å². The first kappa shape index (κ1) is 20.3. The number of hydrogen-bond acceptors (Lipinski definition) is 7. The van der Waals surface area contributed by atoms with E-state index in [1.807, 2.05) is 0 Å². The van der Waals surface area contributed by atoms with E-state index in [0.717, 1.165) is 6.07 Å². The Bertz CT molecular complexity index is 1310. The summed E-state index contributed by atoms with van der Waals surface area (Å²) in [7, 11) is 1.18. The lowest BCUT2D eigenvalue weighted by atomic mass is 10.1. The van der Waals surface area contributed by atoms with Crippen molar-refractivity contribution in [3.8, 4) is 5.75 Å². The molecule has 0 fully saturated rings. The van der Waals surface area contributed by atoms with Crippen LogP contribution in [0.5, 0.6) is 5.75 Å². The van der Waals surface area contributed by atoms with Crippen molar-refractivity contribution in [3.05, 3.63) is 64.3 Å². The summed E-state index contributed by atoms with van der Waals surface area (Å²) in [5.41, 5.74) is 1.50. The fourth-order valence-electron chi connectivity index (χ4n) is 2.93. The first-order chi connectivity index (χ1) is 14.7. The number of halogens is 3. The van der Waals surface area contributed by atoms with Crippen LogP contribution in [0.1, 0.15) is 11.1 Å². The molecule has 4 rings (SSSR count). The number of benzene rings is 2. The number of aromatic nitrogens is 3. The molecule has 0 aliphatic rings. The van der Waals surface area contributed by atoms with Crippen LogP contribution in [0.3, 0.4) is 0 Å². The number of methoxy groups -OCH3 is 1. The fourth-order valence-corrected chi connectivity index (χ4v) is 2.93. The van der Waals surface area contributed by atoms with Crippen molar-refractivity contribution in [2.24, 2.45) is 0 Å². The Morgan fingerprint density at radius 2 is 1.84 bits per heavy atom. The molecular weight excluding hydrogens is 415 g/mol. The highest BCUT2D eigenvalue weighted by Gasteiger charge is 2.34. The molecule has 160 valence electrons. The number of rotatable bonds is 5. The molecule has 4 aromatic rings. The van der Waals surface area contributed by atoms with Gasteiger partial charge in [-0.25, -0.2) is 9.78 Å². The molecule has 2 aromatic carbocycles. The Balaban J connectivity index is 1.61. The van der Waals surface area contributed by atoms with E-state index in [1.54, 1.807) is 25.1 Å². The van der Waals surface area contributed by atoms with Gasteiger partial charge in [0, 0.05) is 23.1 Å². The van der Waals surface area contributed by atoms with Gasteiger partial charge < -0.3 is 19.8 Å². The number of oxazole rings is 1. The van der Waals surface area contributed by atoms with Crippen LogP contribution >= 0.6 is 0 Å². The quantitative estimate of drug-likeness (QED) is 0.419. The van der Waals surface area contributed by atoms with Gasteiger partial charge in [-0.3, -0.25) is 4.98 Å². The van der Waals surface area contributed by atoms with E-state index in [4.69, 9.17) is 9.15 Å². The van der Waals surface area contributed by atoms with Crippen LogP contribution in [0.2, 0.25) is 0 Å². The van der Waals surface area contributed by atoms with E-state index >= 15 is 0 Å². The average molecular weight is 431 g/mol. The van der Waals surface area contributed by atoms with Crippen molar-refractivity contribution in [2.75, 3.05) is 17.7 Å². The fraction of sp³-hybridized carbons (Fsp3) is 0.150. The van der Waals surface area contributed by atoms with Crippen LogP contribution in [-0.2, 0) is 6.18 Å². The molecule has 0 radical (unpaired) electrons. The molecule has 0 saturated carbocycles. The highest BCUT2D eigenvalue weighted by Crippen LogP contribution is 2.38. The largest absolute Gasteiger partial charge is 0.496 e. The van der Waals surface area contributed by atoms with Crippen LogP contribution in [0.25, 0.3) is 11.1 Å². The summed E-state index contributed by atoms with van der Waals surface area (Å²) < 4.78 is 49.5. The Morgan fingerprint density at radius 1 is 1.10 bits per heavy atom. The van der Waals surface area contributed by atoms with Crippen LogP contribution < -0.4 is 21.1 Å². The molecule has 0 amide bonds. The number of nitrogens with zero attached hydrogens (tertiary/aromatic N) is 2. The lowest BCUT2D eigenvalue weighted by molar-refractivity contribution is -0.138. The van der Waals surface area contributed by atoms with E-state index in [-0.39, 0.29) is 17.4 Å². The predicted molar refractivity (Wildman–Crippen MR) is 108 cm³/mol. The van der Waals surface area contributed by atoms with Crippen molar-refractivity contribution in [1.29, 1.82) is 0 Å². The molecule has 0 spiro atoms. The van der Waals surface area contributed by atoms with Gasteiger partial charge in [0.1, 0.15) is 11.6 Å². The number of aryl methyl sites for hydroxylation is 1. The summed E-state index contributed by atoms with van der Waals surface area (Å²) in [6.45, 7) is 1.78. The summed E-state index contributed by atoms with van der Waals surface area (Å²) in [5, 5.41) is 5.87. The van der Waals surface area contributed by atoms with Gasteiger partial charge in [-0.15, -0.1) is 0 Å². The number of hydrogen-bond donors (Lipinski definition) is 3. The monoisotopic (exact) mass is 431 g/mol. The van der Waals surface area contributed by atoms with Crippen LogP contribution in [-0.4, -0.2) is 22.1 Å². The second-order valence-electron chi connectivity index (χ2n) is 6.61. The minimum Gasteiger partial charge on any atom is -0.496 e. The molecule has 31 heavy (non-hydrogen) atoms. The average Bonchev–Trinajstić information content (AvgIpc) is 3.09. The highest BCUT2D eigenvalue weighted by molar-refractivity contribution is 5.78. The number of nitrogens with one attached hydrogen (secondary N) is 3. The Morgan fingerprint density at radius 3 is 2.58 bits per heavy atom. The van der Waals surface area contributed by atoms with Crippen molar-refractivity contribution >= 4 is 34.2 Å². The first-order valence-corrected chi connectivity index (χ1v) is 8.99. The number of fused-ring (bicyclic) bond motifs is 1. The second-order valence-corrected chi connectivity index (χ2v) is 6.61. The van der Waals surface area contributed by atoms with Crippen LogP contribution in [0.4, 0.5) is 36.3 Å². The van der Waals surface area contributed by atoms with Crippen molar-refractivity contribution in [2.45, 2.75) is 13.1 Å². The van der Waals surface area contributed by atoms with Gasteiger partial charge in [-0.1, -0.05) is 0 Å². The maximum absolute atomic E-state index is 13.2. The van der Waals surface area contributed by atoms with Gasteiger partial charge in [-0.2, -0.15) is 18.2 Å². The predicted octanol–water partition coefficient (Wildman–Crippen LogP) is 4.73. The van der Waals surface area contributed by atoms with Gasteiger partial charge >= 0.3 is 11.9 Å². The Kier molecular flexibility index (Phi) is 5.01.